The first-order chi connectivity index (χ1) is 4.51. The van der Waals surface area contributed by atoms with E-state index >= 15 is 0 Å². The summed E-state index contributed by atoms with van der Waals surface area (Å²) in [5, 5.41) is 8.83. The molecule has 0 aromatic rings. The zero-order valence-electron chi connectivity index (χ0n) is 4.68. The van der Waals surface area contributed by atoms with E-state index in [0.717, 1.165) is 6.21 Å². The van der Waals surface area contributed by atoms with E-state index in [9.17, 15) is 13.2 Å². The van der Waals surface area contributed by atoms with Gasteiger partial charge in [-0.2, -0.15) is 12.8 Å². The highest BCUT2D eigenvalue weighted by molar-refractivity contribution is 7.93. The number of carbonyl (C=O) groups is 1. The smallest absolute Gasteiger partial charge is 0.338 e. The van der Waals surface area contributed by atoms with Gasteiger partial charge in [-0.1, -0.05) is 0 Å². The molecule has 1 heterocycles. The number of hydrogen-bond donors (Lipinski definition) is 1. The summed E-state index contributed by atoms with van der Waals surface area (Å²) in [6.45, 7) is 0. The molecule has 1 N–H and O–H groups in total. The lowest BCUT2D eigenvalue weighted by Crippen LogP contribution is -1.98. The number of nitrogens with zero attached hydrogens (tertiary/aromatic N) is 1. The van der Waals surface area contributed by atoms with Crippen molar-refractivity contribution >= 4 is 22.2 Å². The molecule has 6 heteroatoms. The average molecular weight is 161 g/mol. The molecule has 0 radical (unpaired) electrons. The minimum absolute atomic E-state index is 0.306. The first kappa shape index (κ1) is 6.94. The van der Waals surface area contributed by atoms with Crippen molar-refractivity contribution in [3.8, 4) is 0 Å². The van der Waals surface area contributed by atoms with Gasteiger partial charge in [0.25, 0.3) is 10.0 Å². The monoisotopic (exact) mass is 161 g/mol. The Hall–Kier alpha value is -1.17. The lowest BCUT2D eigenvalue weighted by molar-refractivity contribution is -0.131. The number of sulfonamides is 1. The van der Waals surface area contributed by atoms with Gasteiger partial charge in [0, 0.05) is 0 Å². The van der Waals surface area contributed by atoms with Crippen LogP contribution in [-0.4, -0.2) is 25.7 Å². The summed E-state index contributed by atoms with van der Waals surface area (Å²) >= 11 is 0. The van der Waals surface area contributed by atoms with Crippen molar-refractivity contribution in [3.63, 3.8) is 0 Å². The van der Waals surface area contributed by atoms with Crippen LogP contribution in [0, 0.1) is 0 Å². The molecule has 0 spiro atoms. The summed E-state index contributed by atoms with van der Waals surface area (Å²) in [6, 6.07) is 0. The largest absolute Gasteiger partial charge is 0.478 e. The Kier molecular flexibility index (Phi) is 1.33. The molecule has 10 heavy (non-hydrogen) atoms. The molecular formula is C4H3NO4S. The van der Waals surface area contributed by atoms with E-state index in [1.165, 1.54) is 0 Å². The van der Waals surface area contributed by atoms with E-state index in [0.29, 0.717) is 5.41 Å². The normalized spacial score (nSPS) is 20.6. The van der Waals surface area contributed by atoms with Crippen LogP contribution in [0.3, 0.4) is 0 Å². The Morgan fingerprint density at radius 3 is 2.40 bits per heavy atom. The molecule has 54 valence electrons. The average Bonchev–Trinajstić information content (AvgIpc) is 2.10. The van der Waals surface area contributed by atoms with E-state index in [1.54, 1.807) is 0 Å². The third kappa shape index (κ3) is 1.21. The van der Waals surface area contributed by atoms with Crippen LogP contribution in [0.1, 0.15) is 0 Å². The topological polar surface area (TPSA) is 83.8 Å². The van der Waals surface area contributed by atoms with E-state index < -0.39 is 16.0 Å². The quantitative estimate of drug-likeness (QED) is 0.554. The van der Waals surface area contributed by atoms with Crippen LogP contribution in [-0.2, 0) is 14.8 Å². The molecule has 0 aromatic heterocycles. The van der Waals surface area contributed by atoms with E-state index in [1.807, 2.05) is 0 Å². The van der Waals surface area contributed by atoms with Gasteiger partial charge in [-0.05, 0) is 0 Å². The summed E-state index contributed by atoms with van der Waals surface area (Å²) in [5.41, 5.74) is -0.306. The molecular weight excluding hydrogens is 158 g/mol. The zero-order chi connectivity index (χ0) is 7.78. The van der Waals surface area contributed by atoms with Gasteiger partial charge in [0.1, 0.15) is 0 Å². The van der Waals surface area contributed by atoms with Crippen molar-refractivity contribution in [3.05, 3.63) is 11.0 Å². The van der Waals surface area contributed by atoms with Crippen LogP contribution in [0.15, 0.2) is 15.4 Å². The van der Waals surface area contributed by atoms with Crippen LogP contribution < -0.4 is 0 Å². The lowest BCUT2D eigenvalue weighted by atomic mass is 10.3. The van der Waals surface area contributed by atoms with Crippen LogP contribution in [0.2, 0.25) is 0 Å². The van der Waals surface area contributed by atoms with Crippen molar-refractivity contribution in [2.45, 2.75) is 0 Å². The van der Waals surface area contributed by atoms with Crippen LogP contribution in [0.4, 0.5) is 0 Å². The Morgan fingerprint density at radius 2 is 2.20 bits per heavy atom. The maximum Gasteiger partial charge on any atom is 0.338 e. The van der Waals surface area contributed by atoms with Crippen molar-refractivity contribution in [2.75, 3.05) is 0 Å². The lowest BCUT2D eigenvalue weighted by Gasteiger charge is -1.80. The van der Waals surface area contributed by atoms with Crippen LogP contribution in [0.5, 0.6) is 0 Å². The van der Waals surface area contributed by atoms with Gasteiger partial charge in [0.2, 0.25) is 0 Å². The first-order valence-electron chi connectivity index (χ1n) is 2.26. The Morgan fingerprint density at radius 1 is 1.60 bits per heavy atom. The summed E-state index contributed by atoms with van der Waals surface area (Å²) < 4.78 is 23.8. The summed E-state index contributed by atoms with van der Waals surface area (Å²) in [5.74, 6) is -1.29. The molecule has 1 rings (SSSR count). The van der Waals surface area contributed by atoms with Crippen LogP contribution in [0.25, 0.3) is 0 Å². The van der Waals surface area contributed by atoms with E-state index in [2.05, 4.69) is 4.40 Å². The minimum Gasteiger partial charge on any atom is -0.478 e. The van der Waals surface area contributed by atoms with Crippen molar-refractivity contribution < 1.29 is 18.3 Å². The predicted molar refractivity (Wildman–Crippen MR) is 33.1 cm³/mol. The van der Waals surface area contributed by atoms with Gasteiger partial charge in [-0.3, -0.25) is 0 Å². The molecule has 0 amide bonds. The fourth-order valence-electron chi connectivity index (χ4n) is 0.457. The van der Waals surface area contributed by atoms with Gasteiger partial charge < -0.3 is 5.11 Å². The molecule has 0 aliphatic carbocycles. The van der Waals surface area contributed by atoms with Gasteiger partial charge in [-0.25, -0.2) is 4.79 Å². The highest BCUT2D eigenvalue weighted by Gasteiger charge is 2.17. The summed E-state index contributed by atoms with van der Waals surface area (Å²) in [6.07, 6.45) is 0.803. The third-order valence-electron chi connectivity index (χ3n) is 0.862. The molecule has 5 nitrogen and oxygen atoms in total. The summed E-state index contributed by atoms with van der Waals surface area (Å²) in [4.78, 5) is 10.1. The second-order valence-corrected chi connectivity index (χ2v) is 3.10. The van der Waals surface area contributed by atoms with Crippen LogP contribution >= 0.6 is 0 Å². The number of carboxylic acids is 1. The van der Waals surface area contributed by atoms with Gasteiger partial charge in [0.15, 0.2) is 0 Å². The number of rotatable bonds is 1. The molecule has 0 atom stereocenters. The minimum atomic E-state index is -3.61. The number of aliphatic carboxylic acids is 1. The molecule has 0 saturated carbocycles. The first-order valence-corrected chi connectivity index (χ1v) is 3.77. The Labute approximate surface area is 56.8 Å². The van der Waals surface area contributed by atoms with Crippen molar-refractivity contribution in [1.82, 2.24) is 0 Å². The molecule has 1 aliphatic rings. The molecule has 0 aromatic carbocycles. The van der Waals surface area contributed by atoms with Gasteiger partial charge in [-0.15, -0.1) is 0 Å². The second-order valence-electron chi connectivity index (χ2n) is 1.63. The van der Waals surface area contributed by atoms with Crippen molar-refractivity contribution in [1.29, 1.82) is 0 Å². The van der Waals surface area contributed by atoms with Gasteiger partial charge in [0.05, 0.1) is 17.2 Å². The Balaban J connectivity index is 3.11. The molecule has 0 unspecified atom stereocenters. The molecule has 0 saturated heterocycles. The van der Waals surface area contributed by atoms with Crippen molar-refractivity contribution in [2.24, 2.45) is 4.40 Å². The SMILES string of the molecule is O=C(O)C1=CS(=O)(=O)N=C1. The number of carboxylic acid groups (broad SMARTS) is 1. The Bertz CT molecular complexity index is 323. The maximum absolute atomic E-state index is 10.4. The number of hydrogen-bond acceptors (Lipinski definition) is 3. The third-order valence-corrected chi connectivity index (χ3v) is 1.81. The highest BCUT2D eigenvalue weighted by atomic mass is 32.2. The fourth-order valence-corrected chi connectivity index (χ4v) is 1.26. The van der Waals surface area contributed by atoms with E-state index in [4.69, 9.17) is 5.11 Å². The summed E-state index contributed by atoms with van der Waals surface area (Å²) in [7, 11) is -3.61. The maximum atomic E-state index is 10.4. The molecule has 1 aliphatic heterocycles. The second kappa shape index (κ2) is 1.91. The molecule has 0 fully saturated rings. The highest BCUT2D eigenvalue weighted by Crippen LogP contribution is 2.07. The molecule has 0 bridgehead atoms. The predicted octanol–water partition coefficient (Wildman–Crippen LogP) is -0.631. The zero-order valence-corrected chi connectivity index (χ0v) is 5.50. The standard InChI is InChI=1S/C4H3NO4S/c6-4(7)3-1-5-10(8,9)2-3/h1-2H,(H,6,7). The van der Waals surface area contributed by atoms with E-state index in [-0.39, 0.29) is 5.57 Å². The fraction of sp³-hybridized carbons (Fsp3) is 0. The van der Waals surface area contributed by atoms with Gasteiger partial charge >= 0.3 is 5.97 Å².